The molecule has 1 amide bonds. The molecule has 164 valence electrons. The highest BCUT2D eigenvalue weighted by Crippen LogP contribution is 2.34. The minimum Gasteiger partial charge on any atom is -0.867 e. The summed E-state index contributed by atoms with van der Waals surface area (Å²) in [6, 6.07) is 2.94. The Hall–Kier alpha value is -4.20. The first kappa shape index (κ1) is 21.5. The predicted octanol–water partition coefficient (Wildman–Crippen LogP) is -2.27. The standard InChI is InChI=1S/C17H21N9O5/c1-25(2)8-10-13(20-24-26(10)16-15(18)22-31-23-16)17(28)21-19-7-9-5-11(29-3)14(27)12(6-9)30-4/h5-7,27H,8H2,1-4H3,(H2,18,22)(H,21,28)/b19-7+. The number of hydrogen-bond donors (Lipinski definition) is 3. The quantitative estimate of drug-likeness (QED) is 0.260. The molecule has 0 radical (unpaired) electrons. The second-order valence-electron chi connectivity index (χ2n) is 6.61. The molecule has 0 spiro atoms. The van der Waals surface area contributed by atoms with E-state index in [9.17, 15) is 9.90 Å². The summed E-state index contributed by atoms with van der Waals surface area (Å²) in [6.45, 7) is 0.380. The molecule has 4 N–H and O–H groups in total. The fraction of sp³-hybridized carbons (Fsp3) is 0.294. The van der Waals surface area contributed by atoms with Crippen LogP contribution in [0.15, 0.2) is 21.9 Å². The zero-order valence-electron chi connectivity index (χ0n) is 17.2. The molecule has 3 aromatic rings. The van der Waals surface area contributed by atoms with Crippen LogP contribution in [-0.2, 0) is 6.54 Å². The SMILES string of the molecule is COc1cc(/C=N/NC(=O)c2nnn(-c3nonc3N)c2C[NH+](C)C)cc(OC)c1[O-]. The smallest absolute Gasteiger partial charge is 0.294 e. The molecule has 0 aliphatic heterocycles. The number of methoxy groups -OCH3 is 2. The van der Waals surface area contributed by atoms with Crippen molar-refractivity contribution in [3.8, 4) is 23.1 Å². The van der Waals surface area contributed by atoms with Crippen molar-refractivity contribution in [1.29, 1.82) is 0 Å². The zero-order valence-corrected chi connectivity index (χ0v) is 17.2. The maximum absolute atomic E-state index is 12.7. The van der Waals surface area contributed by atoms with Crippen LogP contribution in [0.2, 0.25) is 0 Å². The second-order valence-corrected chi connectivity index (χ2v) is 6.61. The van der Waals surface area contributed by atoms with Crippen molar-refractivity contribution in [3.05, 3.63) is 29.1 Å². The van der Waals surface area contributed by atoms with E-state index in [1.54, 1.807) is 0 Å². The monoisotopic (exact) mass is 431 g/mol. The molecule has 0 bridgehead atoms. The van der Waals surface area contributed by atoms with Crippen LogP contribution in [-0.4, -0.2) is 65.7 Å². The summed E-state index contributed by atoms with van der Waals surface area (Å²) in [7, 11) is 6.52. The molecule has 14 heteroatoms. The molecule has 2 heterocycles. The lowest BCUT2D eigenvalue weighted by Crippen LogP contribution is -3.04. The fourth-order valence-electron chi connectivity index (χ4n) is 2.67. The fourth-order valence-corrected chi connectivity index (χ4v) is 2.67. The van der Waals surface area contributed by atoms with Gasteiger partial charge in [-0.1, -0.05) is 5.21 Å². The molecule has 14 nitrogen and oxygen atoms in total. The molecule has 3 rings (SSSR count). The van der Waals surface area contributed by atoms with Gasteiger partial charge in [0.2, 0.25) is 11.6 Å². The Morgan fingerprint density at radius 2 is 2.00 bits per heavy atom. The van der Waals surface area contributed by atoms with Crippen LogP contribution in [0, 0.1) is 0 Å². The first-order valence-corrected chi connectivity index (χ1v) is 8.94. The number of amides is 1. The molecule has 1 aromatic carbocycles. The van der Waals surface area contributed by atoms with Crippen LogP contribution in [0.4, 0.5) is 5.82 Å². The van der Waals surface area contributed by atoms with Crippen LogP contribution in [0.25, 0.3) is 5.82 Å². The van der Waals surface area contributed by atoms with Crippen LogP contribution < -0.4 is 30.6 Å². The number of benzene rings is 1. The van der Waals surface area contributed by atoms with Crippen LogP contribution in [0.5, 0.6) is 17.2 Å². The maximum Gasteiger partial charge on any atom is 0.294 e. The third kappa shape index (κ3) is 4.53. The van der Waals surface area contributed by atoms with Crippen molar-refractivity contribution in [1.82, 2.24) is 30.7 Å². The third-order valence-electron chi connectivity index (χ3n) is 4.06. The number of nitrogens with one attached hydrogen (secondary N) is 2. The summed E-state index contributed by atoms with van der Waals surface area (Å²) in [4.78, 5) is 13.7. The van der Waals surface area contributed by atoms with Gasteiger partial charge in [-0.15, -0.1) is 5.10 Å². The van der Waals surface area contributed by atoms with Gasteiger partial charge in [0.05, 0.1) is 34.5 Å². The highest BCUT2D eigenvalue weighted by molar-refractivity contribution is 5.94. The van der Waals surface area contributed by atoms with Crippen molar-refractivity contribution in [2.45, 2.75) is 6.54 Å². The molecular weight excluding hydrogens is 410 g/mol. The first-order chi connectivity index (χ1) is 14.8. The van der Waals surface area contributed by atoms with Crippen molar-refractivity contribution in [2.75, 3.05) is 34.0 Å². The second kappa shape index (κ2) is 9.08. The number of nitrogens with zero attached hydrogens (tertiary/aromatic N) is 6. The van der Waals surface area contributed by atoms with E-state index in [0.29, 0.717) is 17.8 Å². The highest BCUT2D eigenvalue weighted by Gasteiger charge is 2.25. The molecule has 31 heavy (non-hydrogen) atoms. The van der Waals surface area contributed by atoms with Crippen molar-refractivity contribution in [2.24, 2.45) is 5.10 Å². The van der Waals surface area contributed by atoms with Gasteiger partial charge in [0, 0.05) is 5.56 Å². The van der Waals surface area contributed by atoms with E-state index < -0.39 is 5.91 Å². The van der Waals surface area contributed by atoms with E-state index in [4.69, 9.17) is 15.2 Å². The summed E-state index contributed by atoms with van der Waals surface area (Å²) in [6.07, 6.45) is 1.34. The summed E-state index contributed by atoms with van der Waals surface area (Å²) < 4.78 is 16.0. The Morgan fingerprint density at radius 1 is 1.32 bits per heavy atom. The van der Waals surface area contributed by atoms with Crippen molar-refractivity contribution >= 4 is 17.9 Å². The molecule has 0 aliphatic carbocycles. The van der Waals surface area contributed by atoms with Crippen LogP contribution in [0.3, 0.4) is 0 Å². The van der Waals surface area contributed by atoms with E-state index in [2.05, 4.69) is 35.8 Å². The van der Waals surface area contributed by atoms with E-state index >= 15 is 0 Å². The Morgan fingerprint density at radius 3 is 2.55 bits per heavy atom. The molecule has 0 saturated heterocycles. The lowest BCUT2D eigenvalue weighted by Gasteiger charge is -2.17. The molecular formula is C17H21N9O5. The summed E-state index contributed by atoms with van der Waals surface area (Å²) in [5.41, 5.74) is 9.06. The third-order valence-corrected chi connectivity index (χ3v) is 4.06. The maximum atomic E-state index is 12.7. The van der Waals surface area contributed by atoms with Crippen LogP contribution in [0.1, 0.15) is 21.7 Å². The lowest BCUT2D eigenvalue weighted by atomic mass is 10.2. The van der Waals surface area contributed by atoms with Gasteiger partial charge < -0.3 is 25.2 Å². The number of nitrogen functional groups attached to an aromatic ring is 1. The Bertz CT molecular complexity index is 1080. The number of carbonyl (C=O) groups is 1. The predicted molar refractivity (Wildman–Crippen MR) is 104 cm³/mol. The highest BCUT2D eigenvalue weighted by atomic mass is 16.6. The van der Waals surface area contributed by atoms with Gasteiger partial charge >= 0.3 is 0 Å². The van der Waals surface area contributed by atoms with E-state index in [1.807, 2.05) is 14.1 Å². The molecule has 0 aliphatic rings. The molecule has 2 aromatic heterocycles. The van der Waals surface area contributed by atoms with Gasteiger partial charge in [-0.05, 0) is 28.2 Å². The summed E-state index contributed by atoms with van der Waals surface area (Å²) in [5.74, 6) is -0.679. The lowest BCUT2D eigenvalue weighted by molar-refractivity contribution is -0.873. The minimum atomic E-state index is -0.604. The molecule has 0 saturated carbocycles. The van der Waals surface area contributed by atoms with Gasteiger partial charge in [0.1, 0.15) is 23.7 Å². The summed E-state index contributed by atoms with van der Waals surface area (Å²) in [5, 5.41) is 31.0. The Labute approximate surface area is 176 Å². The Kier molecular flexibility index (Phi) is 6.30. The number of hydrogen-bond acceptors (Lipinski definition) is 11. The van der Waals surface area contributed by atoms with Gasteiger partial charge in [0.15, 0.2) is 5.69 Å². The number of anilines is 1. The van der Waals surface area contributed by atoms with Gasteiger partial charge in [0.25, 0.3) is 5.91 Å². The van der Waals surface area contributed by atoms with E-state index in [1.165, 1.54) is 37.2 Å². The van der Waals surface area contributed by atoms with Gasteiger partial charge in [-0.25, -0.2) is 10.1 Å². The van der Waals surface area contributed by atoms with Gasteiger partial charge in [-0.3, -0.25) is 4.79 Å². The average Bonchev–Trinajstić information content (AvgIpc) is 3.34. The van der Waals surface area contributed by atoms with E-state index in [0.717, 1.165) is 4.90 Å². The largest absolute Gasteiger partial charge is 0.867 e. The van der Waals surface area contributed by atoms with Crippen molar-refractivity contribution < 1.29 is 28.9 Å². The molecule has 0 unspecified atom stereocenters. The van der Waals surface area contributed by atoms with E-state index in [-0.39, 0.29) is 34.6 Å². The zero-order chi connectivity index (χ0) is 22.5. The number of rotatable bonds is 8. The van der Waals surface area contributed by atoms with Crippen molar-refractivity contribution in [3.63, 3.8) is 0 Å². The molecule has 0 fully saturated rings. The van der Waals surface area contributed by atoms with Crippen LogP contribution >= 0.6 is 0 Å². The number of quaternary nitrogens is 1. The molecule has 0 atom stereocenters. The minimum absolute atomic E-state index is 0.00889. The first-order valence-electron chi connectivity index (χ1n) is 8.94. The Balaban J connectivity index is 1.84. The number of aromatic nitrogens is 5. The summed E-state index contributed by atoms with van der Waals surface area (Å²) >= 11 is 0. The number of ether oxygens (including phenoxy) is 2. The van der Waals surface area contributed by atoms with Gasteiger partial charge in [-0.2, -0.15) is 9.78 Å². The number of nitrogens with two attached hydrogens (primary N) is 1. The number of carbonyl (C=O) groups excluding carboxylic acids is 1. The average molecular weight is 431 g/mol. The normalized spacial score (nSPS) is 11.3. The topological polar surface area (TPSA) is 183 Å². The number of hydrazone groups is 1.